The molecule has 2 rings (SSSR count). The van der Waals surface area contributed by atoms with E-state index in [0.29, 0.717) is 42.6 Å². The summed E-state index contributed by atoms with van der Waals surface area (Å²) in [6, 6.07) is 13.4. The zero-order valence-corrected chi connectivity index (χ0v) is 18.1. The molecule has 27 heavy (non-hydrogen) atoms. The van der Waals surface area contributed by atoms with E-state index in [2.05, 4.69) is 20.9 Å². The first-order chi connectivity index (χ1) is 12.6. The summed E-state index contributed by atoms with van der Waals surface area (Å²) < 4.78 is 13.1. The number of nitrogens with zero attached hydrogens (tertiary/aromatic N) is 1. The predicted octanol–water partition coefficient (Wildman–Crippen LogP) is 3.23. The Kier molecular flexibility index (Phi) is 10.7. The lowest BCUT2D eigenvalue weighted by atomic mass is 10.1. The summed E-state index contributed by atoms with van der Waals surface area (Å²) in [5.41, 5.74) is 1.37. The number of halogens is 3. The number of benzene rings is 2. The fraction of sp³-hybridized carbons (Fsp3) is 0.263. The van der Waals surface area contributed by atoms with E-state index in [1.807, 2.05) is 6.07 Å². The standard InChI is InChI=1S/C19H22ClFN4O.HI/c1-22-19(24-10-9-14-5-4-6-15(21)13-14)25-12-11-23-18(26)16-7-2-3-8-17(16)20;/h2-8,13H,9-12H2,1H3,(H,23,26)(H2,22,24,25);1H. The normalized spacial score (nSPS) is 10.7. The summed E-state index contributed by atoms with van der Waals surface area (Å²) in [6.45, 7) is 1.56. The van der Waals surface area contributed by atoms with Gasteiger partial charge >= 0.3 is 0 Å². The summed E-state index contributed by atoms with van der Waals surface area (Å²) in [5.74, 6) is 0.166. The van der Waals surface area contributed by atoms with Crippen molar-refractivity contribution in [1.29, 1.82) is 0 Å². The van der Waals surface area contributed by atoms with Gasteiger partial charge in [-0.15, -0.1) is 24.0 Å². The summed E-state index contributed by atoms with van der Waals surface area (Å²) in [5, 5.41) is 9.48. The van der Waals surface area contributed by atoms with Gasteiger partial charge in [-0.2, -0.15) is 0 Å². The minimum Gasteiger partial charge on any atom is -0.356 e. The number of amides is 1. The Bertz CT molecular complexity index is 773. The Morgan fingerprint density at radius 3 is 2.44 bits per heavy atom. The van der Waals surface area contributed by atoms with E-state index < -0.39 is 0 Å². The van der Waals surface area contributed by atoms with Gasteiger partial charge in [-0.25, -0.2) is 4.39 Å². The van der Waals surface area contributed by atoms with Crippen molar-refractivity contribution in [2.45, 2.75) is 6.42 Å². The first-order valence-electron chi connectivity index (χ1n) is 8.32. The van der Waals surface area contributed by atoms with E-state index in [4.69, 9.17) is 11.6 Å². The van der Waals surface area contributed by atoms with E-state index in [0.717, 1.165) is 5.56 Å². The largest absolute Gasteiger partial charge is 0.356 e. The van der Waals surface area contributed by atoms with E-state index in [1.54, 1.807) is 37.4 Å². The van der Waals surface area contributed by atoms with Crippen LogP contribution in [0.3, 0.4) is 0 Å². The Balaban J connectivity index is 0.00000364. The molecule has 0 heterocycles. The molecule has 0 fully saturated rings. The quantitative estimate of drug-likeness (QED) is 0.235. The highest BCUT2D eigenvalue weighted by Gasteiger charge is 2.08. The van der Waals surface area contributed by atoms with Crippen molar-refractivity contribution in [1.82, 2.24) is 16.0 Å². The molecule has 0 bridgehead atoms. The fourth-order valence-corrected chi connectivity index (χ4v) is 2.56. The maximum absolute atomic E-state index is 13.1. The molecule has 8 heteroatoms. The summed E-state index contributed by atoms with van der Waals surface area (Å²) in [6.07, 6.45) is 0.682. The van der Waals surface area contributed by atoms with Gasteiger partial charge < -0.3 is 16.0 Å². The van der Waals surface area contributed by atoms with Gasteiger partial charge in [-0.3, -0.25) is 9.79 Å². The van der Waals surface area contributed by atoms with Crippen molar-refractivity contribution in [3.05, 3.63) is 70.5 Å². The number of guanidine groups is 1. The lowest BCUT2D eigenvalue weighted by Gasteiger charge is -2.12. The molecule has 0 atom stereocenters. The molecule has 0 aliphatic carbocycles. The van der Waals surface area contributed by atoms with Crippen LogP contribution in [0.1, 0.15) is 15.9 Å². The number of aliphatic imine (C=N–C) groups is 1. The Hall–Kier alpha value is -1.87. The van der Waals surface area contributed by atoms with Gasteiger partial charge in [0.25, 0.3) is 5.91 Å². The van der Waals surface area contributed by atoms with E-state index in [1.165, 1.54) is 12.1 Å². The number of hydrogen-bond donors (Lipinski definition) is 3. The first-order valence-corrected chi connectivity index (χ1v) is 8.69. The van der Waals surface area contributed by atoms with Crippen LogP contribution in [0.2, 0.25) is 5.02 Å². The molecule has 5 nitrogen and oxygen atoms in total. The van der Waals surface area contributed by atoms with Crippen LogP contribution in [-0.2, 0) is 6.42 Å². The minimum absolute atomic E-state index is 0. The second kappa shape index (κ2) is 12.5. The van der Waals surface area contributed by atoms with Crippen LogP contribution < -0.4 is 16.0 Å². The molecular formula is C19H23ClFIN4O. The molecule has 0 saturated heterocycles. The van der Waals surface area contributed by atoms with Crippen LogP contribution in [0.4, 0.5) is 4.39 Å². The van der Waals surface area contributed by atoms with Crippen LogP contribution >= 0.6 is 35.6 Å². The molecule has 0 unspecified atom stereocenters. The second-order valence-electron chi connectivity index (χ2n) is 5.54. The molecule has 0 radical (unpaired) electrons. The van der Waals surface area contributed by atoms with Crippen molar-refractivity contribution in [2.24, 2.45) is 4.99 Å². The molecule has 0 spiro atoms. The molecule has 3 N–H and O–H groups in total. The van der Waals surface area contributed by atoms with Crippen molar-refractivity contribution < 1.29 is 9.18 Å². The van der Waals surface area contributed by atoms with E-state index in [-0.39, 0.29) is 35.7 Å². The molecular weight excluding hydrogens is 482 g/mol. The van der Waals surface area contributed by atoms with Crippen LogP contribution in [0.15, 0.2) is 53.5 Å². The zero-order valence-electron chi connectivity index (χ0n) is 15.0. The fourth-order valence-electron chi connectivity index (χ4n) is 2.34. The van der Waals surface area contributed by atoms with E-state index in [9.17, 15) is 9.18 Å². The van der Waals surface area contributed by atoms with Crippen LogP contribution in [0.25, 0.3) is 0 Å². The minimum atomic E-state index is -0.237. The highest BCUT2D eigenvalue weighted by atomic mass is 127. The lowest BCUT2D eigenvalue weighted by Crippen LogP contribution is -2.42. The summed E-state index contributed by atoms with van der Waals surface area (Å²) in [4.78, 5) is 16.1. The third-order valence-electron chi connectivity index (χ3n) is 3.64. The predicted molar refractivity (Wildman–Crippen MR) is 119 cm³/mol. The zero-order chi connectivity index (χ0) is 18.8. The maximum atomic E-state index is 13.1. The summed E-state index contributed by atoms with van der Waals surface area (Å²) >= 11 is 5.99. The van der Waals surface area contributed by atoms with Gasteiger partial charge in [0.05, 0.1) is 10.6 Å². The average Bonchev–Trinajstić information content (AvgIpc) is 2.64. The molecule has 0 aliphatic rings. The molecule has 146 valence electrons. The van der Waals surface area contributed by atoms with Gasteiger partial charge in [-0.1, -0.05) is 35.9 Å². The van der Waals surface area contributed by atoms with E-state index >= 15 is 0 Å². The van der Waals surface area contributed by atoms with Crippen LogP contribution in [0.5, 0.6) is 0 Å². The number of hydrogen-bond acceptors (Lipinski definition) is 2. The molecule has 0 aromatic heterocycles. The smallest absolute Gasteiger partial charge is 0.252 e. The van der Waals surface area contributed by atoms with Crippen LogP contribution in [-0.4, -0.2) is 38.5 Å². The number of carbonyl (C=O) groups is 1. The van der Waals surface area contributed by atoms with Crippen molar-refractivity contribution in [3.63, 3.8) is 0 Å². The SMILES string of the molecule is CN=C(NCCNC(=O)c1ccccc1Cl)NCCc1cccc(F)c1.I. The second-order valence-corrected chi connectivity index (χ2v) is 5.95. The van der Waals surface area contributed by atoms with Crippen molar-refractivity contribution >= 4 is 47.4 Å². The monoisotopic (exact) mass is 504 g/mol. The summed E-state index contributed by atoms with van der Waals surface area (Å²) in [7, 11) is 1.67. The van der Waals surface area contributed by atoms with Gasteiger partial charge in [0.2, 0.25) is 0 Å². The molecule has 2 aromatic carbocycles. The highest BCUT2D eigenvalue weighted by molar-refractivity contribution is 14.0. The maximum Gasteiger partial charge on any atom is 0.252 e. The van der Waals surface area contributed by atoms with Gasteiger partial charge in [0.1, 0.15) is 5.82 Å². The first kappa shape index (κ1) is 23.2. The number of nitrogens with one attached hydrogen (secondary N) is 3. The number of rotatable bonds is 7. The molecule has 1 amide bonds. The molecule has 2 aromatic rings. The van der Waals surface area contributed by atoms with Gasteiger partial charge in [0.15, 0.2) is 5.96 Å². The lowest BCUT2D eigenvalue weighted by molar-refractivity contribution is 0.0954. The Morgan fingerprint density at radius 2 is 1.74 bits per heavy atom. The Labute approximate surface area is 180 Å². The average molecular weight is 505 g/mol. The Morgan fingerprint density at radius 1 is 1.04 bits per heavy atom. The topological polar surface area (TPSA) is 65.5 Å². The van der Waals surface area contributed by atoms with Crippen LogP contribution in [0, 0.1) is 5.82 Å². The van der Waals surface area contributed by atoms with Gasteiger partial charge in [-0.05, 0) is 36.2 Å². The van der Waals surface area contributed by atoms with Crippen molar-refractivity contribution in [2.75, 3.05) is 26.7 Å². The highest BCUT2D eigenvalue weighted by Crippen LogP contribution is 2.14. The number of carbonyl (C=O) groups excluding carboxylic acids is 1. The van der Waals surface area contributed by atoms with Crippen molar-refractivity contribution in [3.8, 4) is 0 Å². The van der Waals surface area contributed by atoms with Gasteiger partial charge in [0, 0.05) is 26.7 Å². The third kappa shape index (κ3) is 8.13. The third-order valence-corrected chi connectivity index (χ3v) is 3.97. The molecule has 0 aliphatic heterocycles. The molecule has 0 saturated carbocycles.